The van der Waals surface area contributed by atoms with Gasteiger partial charge in [0.05, 0.1) is 11.5 Å². The van der Waals surface area contributed by atoms with E-state index in [2.05, 4.69) is 10.2 Å². The van der Waals surface area contributed by atoms with Gasteiger partial charge in [-0.25, -0.2) is 13.2 Å². The van der Waals surface area contributed by atoms with Crippen molar-refractivity contribution >= 4 is 15.9 Å². The highest BCUT2D eigenvalue weighted by atomic mass is 32.2. The third kappa shape index (κ3) is 3.93. The summed E-state index contributed by atoms with van der Waals surface area (Å²) in [5.74, 6) is 0.300. The molecule has 1 atom stereocenters. The third-order valence-corrected chi connectivity index (χ3v) is 7.02. The Balaban J connectivity index is 1.43. The number of sulfone groups is 1. The van der Waals surface area contributed by atoms with Crippen LogP contribution >= 0.6 is 0 Å². The van der Waals surface area contributed by atoms with Crippen LogP contribution < -0.4 is 5.32 Å². The van der Waals surface area contributed by atoms with Crippen molar-refractivity contribution in [1.29, 1.82) is 0 Å². The Morgan fingerprint density at radius 2 is 1.64 bits per heavy atom. The monoisotopic (exact) mass is 329 g/mol. The summed E-state index contributed by atoms with van der Waals surface area (Å²) in [6.07, 6.45) is 7.18. The normalized spacial score (nSPS) is 30.4. The van der Waals surface area contributed by atoms with Gasteiger partial charge in [0.15, 0.2) is 9.84 Å². The lowest BCUT2D eigenvalue weighted by Crippen LogP contribution is -2.55. The van der Waals surface area contributed by atoms with Crippen LogP contribution in [0, 0.1) is 0 Å². The number of urea groups is 1. The quantitative estimate of drug-likeness (QED) is 0.815. The van der Waals surface area contributed by atoms with E-state index in [-0.39, 0.29) is 23.6 Å². The lowest BCUT2D eigenvalue weighted by Gasteiger charge is -2.40. The number of nitrogens with zero attached hydrogens (tertiary/aromatic N) is 2. The van der Waals surface area contributed by atoms with Gasteiger partial charge in [-0.2, -0.15) is 0 Å². The van der Waals surface area contributed by atoms with Crippen LogP contribution in [-0.4, -0.2) is 74.0 Å². The second-order valence-corrected chi connectivity index (χ2v) is 9.09. The molecule has 6 nitrogen and oxygen atoms in total. The zero-order valence-corrected chi connectivity index (χ0v) is 14.0. The fourth-order valence-corrected chi connectivity index (χ4v) is 5.58. The Labute approximate surface area is 133 Å². The molecule has 22 heavy (non-hydrogen) atoms. The van der Waals surface area contributed by atoms with Gasteiger partial charge >= 0.3 is 6.03 Å². The summed E-state index contributed by atoms with van der Waals surface area (Å²) in [5.41, 5.74) is 0. The average molecular weight is 329 g/mol. The minimum absolute atomic E-state index is 0.0922. The van der Waals surface area contributed by atoms with Crippen molar-refractivity contribution in [3.63, 3.8) is 0 Å². The van der Waals surface area contributed by atoms with Crippen LogP contribution in [0.5, 0.6) is 0 Å². The minimum atomic E-state index is -2.94. The number of hydrogen-bond donors (Lipinski definition) is 1. The second-order valence-electron chi connectivity index (χ2n) is 6.86. The van der Waals surface area contributed by atoms with Crippen LogP contribution in [0.25, 0.3) is 0 Å². The molecule has 0 aromatic carbocycles. The molecule has 1 unspecified atom stereocenters. The number of carbonyl (C=O) groups excluding carboxylic acids is 1. The zero-order valence-electron chi connectivity index (χ0n) is 13.2. The van der Waals surface area contributed by atoms with Crippen molar-refractivity contribution in [2.24, 2.45) is 0 Å². The van der Waals surface area contributed by atoms with Crippen LogP contribution in [0.1, 0.15) is 38.5 Å². The highest BCUT2D eigenvalue weighted by Gasteiger charge is 2.31. The predicted molar refractivity (Wildman–Crippen MR) is 85.6 cm³/mol. The van der Waals surface area contributed by atoms with E-state index in [1.807, 2.05) is 4.90 Å². The van der Waals surface area contributed by atoms with Gasteiger partial charge in [-0.1, -0.05) is 19.3 Å². The van der Waals surface area contributed by atoms with Gasteiger partial charge in [-0.3, -0.25) is 4.90 Å². The smallest absolute Gasteiger partial charge is 0.317 e. The van der Waals surface area contributed by atoms with E-state index in [0.29, 0.717) is 12.5 Å². The molecule has 3 aliphatic rings. The van der Waals surface area contributed by atoms with E-state index in [1.54, 1.807) is 0 Å². The molecule has 0 radical (unpaired) electrons. The van der Waals surface area contributed by atoms with Crippen molar-refractivity contribution in [2.75, 3.05) is 37.7 Å². The molecule has 7 heteroatoms. The molecule has 1 saturated carbocycles. The first-order valence-corrected chi connectivity index (χ1v) is 10.4. The molecule has 3 rings (SSSR count). The van der Waals surface area contributed by atoms with E-state index < -0.39 is 9.84 Å². The lowest BCUT2D eigenvalue weighted by molar-refractivity contribution is 0.0899. The number of amides is 2. The Morgan fingerprint density at radius 3 is 2.23 bits per heavy atom. The molecule has 2 saturated heterocycles. The number of carbonyl (C=O) groups is 1. The second kappa shape index (κ2) is 6.74. The van der Waals surface area contributed by atoms with Crippen LogP contribution in [0.4, 0.5) is 4.79 Å². The van der Waals surface area contributed by atoms with Crippen LogP contribution in [0.2, 0.25) is 0 Å². The fraction of sp³-hybridized carbons (Fsp3) is 0.933. The molecule has 126 valence electrons. The minimum Gasteiger partial charge on any atom is -0.334 e. The van der Waals surface area contributed by atoms with Crippen molar-refractivity contribution in [3.8, 4) is 0 Å². The molecule has 0 bridgehead atoms. The zero-order chi connectivity index (χ0) is 15.6. The van der Waals surface area contributed by atoms with E-state index in [9.17, 15) is 13.2 Å². The summed E-state index contributed by atoms with van der Waals surface area (Å²) >= 11 is 0. The summed E-state index contributed by atoms with van der Waals surface area (Å²) in [6, 6.07) is 0.415. The summed E-state index contributed by atoms with van der Waals surface area (Å²) < 4.78 is 22.9. The Kier molecular flexibility index (Phi) is 4.92. The molecule has 0 spiro atoms. The van der Waals surface area contributed by atoms with Gasteiger partial charge in [-0.15, -0.1) is 0 Å². The SMILES string of the molecule is O=C(NC1CCS(=O)(=O)C1)N1CCN(C2CCCCC2)CC1. The molecule has 1 aliphatic carbocycles. The molecular formula is C15H27N3O3S. The first-order valence-electron chi connectivity index (χ1n) is 8.53. The number of rotatable bonds is 2. The maximum atomic E-state index is 12.2. The Hall–Kier alpha value is -0.820. The predicted octanol–water partition coefficient (Wildman–Crippen LogP) is 0.833. The van der Waals surface area contributed by atoms with Crippen molar-refractivity contribution in [3.05, 3.63) is 0 Å². The molecule has 0 aromatic rings. The highest BCUT2D eigenvalue weighted by Crippen LogP contribution is 2.23. The van der Waals surface area contributed by atoms with Gasteiger partial charge in [-0.05, 0) is 19.3 Å². The van der Waals surface area contributed by atoms with Gasteiger partial charge in [0.2, 0.25) is 0 Å². The van der Waals surface area contributed by atoms with Crippen molar-refractivity contribution in [2.45, 2.75) is 50.6 Å². The number of nitrogens with one attached hydrogen (secondary N) is 1. The van der Waals surface area contributed by atoms with Gasteiger partial charge in [0.25, 0.3) is 0 Å². The maximum absolute atomic E-state index is 12.2. The van der Waals surface area contributed by atoms with Crippen molar-refractivity contribution in [1.82, 2.24) is 15.1 Å². The molecule has 3 fully saturated rings. The number of hydrogen-bond acceptors (Lipinski definition) is 4. The van der Waals surface area contributed by atoms with Crippen molar-refractivity contribution < 1.29 is 13.2 Å². The molecule has 2 amide bonds. The average Bonchev–Trinajstić information content (AvgIpc) is 2.87. The summed E-state index contributed by atoms with van der Waals surface area (Å²) in [7, 11) is -2.94. The third-order valence-electron chi connectivity index (χ3n) is 5.25. The topological polar surface area (TPSA) is 69.7 Å². The van der Waals surface area contributed by atoms with Crippen LogP contribution in [0.15, 0.2) is 0 Å². The standard InChI is InChI=1S/C15H27N3O3S/c19-15(16-13-6-11-22(20,21)12-13)18-9-7-17(8-10-18)14-4-2-1-3-5-14/h13-14H,1-12H2,(H,16,19). The van der Waals surface area contributed by atoms with E-state index in [0.717, 1.165) is 26.2 Å². The van der Waals surface area contributed by atoms with E-state index in [4.69, 9.17) is 0 Å². The largest absolute Gasteiger partial charge is 0.334 e. The van der Waals surface area contributed by atoms with E-state index in [1.165, 1.54) is 32.1 Å². The molecule has 2 aliphatic heterocycles. The van der Waals surface area contributed by atoms with Crippen LogP contribution in [-0.2, 0) is 9.84 Å². The fourth-order valence-electron chi connectivity index (χ4n) is 3.91. The summed E-state index contributed by atoms with van der Waals surface area (Å²) in [5, 5.41) is 2.89. The summed E-state index contributed by atoms with van der Waals surface area (Å²) in [4.78, 5) is 16.6. The Morgan fingerprint density at radius 1 is 0.955 bits per heavy atom. The molecule has 0 aromatic heterocycles. The highest BCUT2D eigenvalue weighted by molar-refractivity contribution is 7.91. The summed E-state index contributed by atoms with van der Waals surface area (Å²) in [6.45, 7) is 3.39. The maximum Gasteiger partial charge on any atom is 0.317 e. The number of piperazine rings is 1. The first-order chi connectivity index (χ1) is 10.5. The first kappa shape index (κ1) is 16.1. The van der Waals surface area contributed by atoms with Gasteiger partial charge in [0, 0.05) is 38.3 Å². The van der Waals surface area contributed by atoms with Gasteiger partial charge < -0.3 is 10.2 Å². The molecule has 2 heterocycles. The molecular weight excluding hydrogens is 302 g/mol. The van der Waals surface area contributed by atoms with E-state index >= 15 is 0 Å². The Bertz CT molecular complexity index is 494. The van der Waals surface area contributed by atoms with Gasteiger partial charge in [0.1, 0.15) is 0 Å². The molecule has 1 N–H and O–H groups in total. The van der Waals surface area contributed by atoms with Crippen LogP contribution in [0.3, 0.4) is 0 Å². The lowest BCUT2D eigenvalue weighted by atomic mass is 9.94.